The summed E-state index contributed by atoms with van der Waals surface area (Å²) in [5.41, 5.74) is 6.32. The van der Waals surface area contributed by atoms with Gasteiger partial charge in [-0.3, -0.25) is 0 Å². The van der Waals surface area contributed by atoms with Gasteiger partial charge in [0, 0.05) is 12.8 Å². The lowest BCUT2D eigenvalue weighted by Gasteiger charge is -2.04. The van der Waals surface area contributed by atoms with Crippen molar-refractivity contribution in [3.05, 3.63) is 29.8 Å². The lowest BCUT2D eigenvalue weighted by Crippen LogP contribution is -2.09. The van der Waals surface area contributed by atoms with Crippen molar-refractivity contribution in [1.29, 1.82) is 0 Å². The molecular formula is C9H11NO3. The minimum Gasteiger partial charge on any atom is -0.435 e. The van der Waals surface area contributed by atoms with Gasteiger partial charge in [0.1, 0.15) is 0 Å². The van der Waals surface area contributed by atoms with E-state index in [-0.39, 0.29) is 6.79 Å². The fraction of sp³-hybridized carbons (Fsp3) is 0.222. The summed E-state index contributed by atoms with van der Waals surface area (Å²) in [7, 11) is 1.45. The highest BCUT2D eigenvalue weighted by Gasteiger charge is 2.09. The molecule has 4 nitrogen and oxygen atoms in total. The summed E-state index contributed by atoms with van der Waals surface area (Å²) in [4.78, 5) is 11.2. The van der Waals surface area contributed by atoms with E-state index in [1.54, 1.807) is 24.3 Å². The zero-order chi connectivity index (χ0) is 9.68. The molecule has 0 aromatic heterocycles. The van der Waals surface area contributed by atoms with Gasteiger partial charge < -0.3 is 15.2 Å². The Kier molecular flexibility index (Phi) is 3.28. The normalized spacial score (nSPS) is 9.62. The Morgan fingerprint density at radius 2 is 2.15 bits per heavy atom. The molecule has 0 bridgehead atoms. The predicted octanol–water partition coefficient (Wildman–Crippen LogP) is 1.03. The third-order valence-electron chi connectivity index (χ3n) is 1.49. The van der Waals surface area contributed by atoms with Crippen LogP contribution in [0.1, 0.15) is 10.4 Å². The number of carbonyl (C=O) groups is 1. The Labute approximate surface area is 76.3 Å². The van der Waals surface area contributed by atoms with Gasteiger partial charge in [-0.2, -0.15) is 0 Å². The molecule has 0 unspecified atom stereocenters. The van der Waals surface area contributed by atoms with Crippen LogP contribution in [0.15, 0.2) is 24.3 Å². The fourth-order valence-electron chi connectivity index (χ4n) is 0.873. The van der Waals surface area contributed by atoms with Crippen molar-refractivity contribution >= 4 is 11.7 Å². The number of nitrogen functional groups attached to an aromatic ring is 1. The summed E-state index contributed by atoms with van der Waals surface area (Å²) in [6.45, 7) is -0.0623. The lowest BCUT2D eigenvalue weighted by molar-refractivity contribution is -0.0124. The topological polar surface area (TPSA) is 61.5 Å². The highest BCUT2D eigenvalue weighted by Crippen LogP contribution is 2.11. The van der Waals surface area contributed by atoms with Crippen molar-refractivity contribution in [2.75, 3.05) is 19.6 Å². The summed E-state index contributed by atoms with van der Waals surface area (Å²) < 4.78 is 9.31. The Morgan fingerprint density at radius 3 is 2.77 bits per heavy atom. The number of hydrogen-bond acceptors (Lipinski definition) is 4. The standard InChI is InChI=1S/C9H11NO3/c1-12-6-13-9(11)7-4-2-3-5-8(7)10/h2-5H,6,10H2,1H3. The highest BCUT2D eigenvalue weighted by atomic mass is 16.7. The molecule has 0 aliphatic carbocycles. The maximum atomic E-state index is 11.2. The van der Waals surface area contributed by atoms with E-state index in [0.717, 1.165) is 0 Å². The van der Waals surface area contributed by atoms with Gasteiger partial charge in [0.05, 0.1) is 5.56 Å². The van der Waals surface area contributed by atoms with Crippen LogP contribution in [-0.2, 0) is 9.47 Å². The summed E-state index contributed by atoms with van der Waals surface area (Å²) in [5, 5.41) is 0. The number of esters is 1. The first-order valence-electron chi connectivity index (χ1n) is 3.76. The van der Waals surface area contributed by atoms with Crippen molar-refractivity contribution < 1.29 is 14.3 Å². The molecule has 0 aliphatic rings. The molecule has 1 rings (SSSR count). The first-order valence-corrected chi connectivity index (χ1v) is 3.76. The second-order valence-electron chi connectivity index (χ2n) is 2.43. The Bertz CT molecular complexity index is 299. The van der Waals surface area contributed by atoms with Crippen molar-refractivity contribution in [1.82, 2.24) is 0 Å². The summed E-state index contributed by atoms with van der Waals surface area (Å²) in [6, 6.07) is 6.72. The third-order valence-corrected chi connectivity index (χ3v) is 1.49. The number of ether oxygens (including phenoxy) is 2. The monoisotopic (exact) mass is 181 g/mol. The molecule has 70 valence electrons. The van der Waals surface area contributed by atoms with Crippen molar-refractivity contribution in [3.8, 4) is 0 Å². The molecule has 0 amide bonds. The largest absolute Gasteiger partial charge is 0.435 e. The molecule has 0 fully saturated rings. The number of carbonyl (C=O) groups excluding carboxylic acids is 1. The number of rotatable bonds is 3. The molecule has 0 aliphatic heterocycles. The second kappa shape index (κ2) is 4.47. The first-order chi connectivity index (χ1) is 6.25. The van der Waals surface area contributed by atoms with Crippen LogP contribution in [-0.4, -0.2) is 19.9 Å². The molecular weight excluding hydrogens is 170 g/mol. The molecule has 1 aromatic carbocycles. The number of para-hydroxylation sites is 1. The van der Waals surface area contributed by atoms with Gasteiger partial charge in [-0.1, -0.05) is 12.1 Å². The van der Waals surface area contributed by atoms with E-state index in [9.17, 15) is 4.79 Å². The van der Waals surface area contributed by atoms with Crippen LogP contribution in [0.2, 0.25) is 0 Å². The van der Waals surface area contributed by atoms with Crippen LogP contribution in [0, 0.1) is 0 Å². The van der Waals surface area contributed by atoms with E-state index in [2.05, 4.69) is 4.74 Å². The lowest BCUT2D eigenvalue weighted by atomic mass is 10.2. The van der Waals surface area contributed by atoms with E-state index < -0.39 is 5.97 Å². The van der Waals surface area contributed by atoms with Crippen LogP contribution in [0.4, 0.5) is 5.69 Å². The van der Waals surface area contributed by atoms with Crippen molar-refractivity contribution in [2.45, 2.75) is 0 Å². The first kappa shape index (κ1) is 9.54. The van der Waals surface area contributed by atoms with Crippen LogP contribution >= 0.6 is 0 Å². The van der Waals surface area contributed by atoms with Gasteiger partial charge in [-0.25, -0.2) is 4.79 Å². The zero-order valence-electron chi connectivity index (χ0n) is 7.32. The van der Waals surface area contributed by atoms with E-state index >= 15 is 0 Å². The van der Waals surface area contributed by atoms with E-state index in [1.807, 2.05) is 0 Å². The number of benzene rings is 1. The van der Waals surface area contributed by atoms with Gasteiger partial charge in [0.15, 0.2) is 6.79 Å². The molecule has 4 heteroatoms. The number of anilines is 1. The summed E-state index contributed by atoms with van der Waals surface area (Å²) in [5.74, 6) is -0.472. The SMILES string of the molecule is COCOC(=O)c1ccccc1N. The van der Waals surface area contributed by atoms with Gasteiger partial charge in [0.2, 0.25) is 0 Å². The van der Waals surface area contributed by atoms with Crippen molar-refractivity contribution in [2.24, 2.45) is 0 Å². The summed E-state index contributed by atoms with van der Waals surface area (Å²) >= 11 is 0. The van der Waals surface area contributed by atoms with Crippen molar-refractivity contribution in [3.63, 3.8) is 0 Å². The maximum Gasteiger partial charge on any atom is 0.342 e. The Morgan fingerprint density at radius 1 is 1.46 bits per heavy atom. The van der Waals surface area contributed by atoms with Gasteiger partial charge in [-0.15, -0.1) is 0 Å². The molecule has 1 aromatic rings. The number of methoxy groups -OCH3 is 1. The zero-order valence-corrected chi connectivity index (χ0v) is 7.32. The van der Waals surface area contributed by atoms with E-state index in [0.29, 0.717) is 11.3 Å². The van der Waals surface area contributed by atoms with E-state index in [4.69, 9.17) is 10.5 Å². The van der Waals surface area contributed by atoms with Gasteiger partial charge in [0.25, 0.3) is 0 Å². The predicted molar refractivity (Wildman–Crippen MR) is 48.1 cm³/mol. The molecule has 2 N–H and O–H groups in total. The fourth-order valence-corrected chi connectivity index (χ4v) is 0.873. The second-order valence-corrected chi connectivity index (χ2v) is 2.43. The quantitative estimate of drug-likeness (QED) is 0.429. The van der Waals surface area contributed by atoms with Gasteiger partial charge in [-0.05, 0) is 12.1 Å². The Hall–Kier alpha value is -1.55. The minimum absolute atomic E-state index is 0.0623. The van der Waals surface area contributed by atoms with Crippen LogP contribution < -0.4 is 5.73 Å². The molecule has 0 saturated heterocycles. The Balaban J connectivity index is 2.71. The molecule has 0 atom stereocenters. The van der Waals surface area contributed by atoms with Gasteiger partial charge >= 0.3 is 5.97 Å². The minimum atomic E-state index is -0.472. The maximum absolute atomic E-state index is 11.2. The molecule has 0 heterocycles. The molecule has 0 spiro atoms. The number of hydrogen-bond donors (Lipinski definition) is 1. The smallest absolute Gasteiger partial charge is 0.342 e. The molecule has 0 saturated carbocycles. The average Bonchev–Trinajstić information content (AvgIpc) is 2.15. The highest BCUT2D eigenvalue weighted by molar-refractivity contribution is 5.94. The molecule has 13 heavy (non-hydrogen) atoms. The average molecular weight is 181 g/mol. The van der Waals surface area contributed by atoms with Crippen LogP contribution in [0.3, 0.4) is 0 Å². The van der Waals surface area contributed by atoms with Crippen LogP contribution in [0.5, 0.6) is 0 Å². The molecule has 0 radical (unpaired) electrons. The van der Waals surface area contributed by atoms with Crippen LogP contribution in [0.25, 0.3) is 0 Å². The van der Waals surface area contributed by atoms with E-state index in [1.165, 1.54) is 7.11 Å². The number of nitrogens with two attached hydrogens (primary N) is 1. The third kappa shape index (κ3) is 2.45. The summed E-state index contributed by atoms with van der Waals surface area (Å²) in [6.07, 6.45) is 0.